The van der Waals surface area contributed by atoms with Crippen LogP contribution in [-0.2, 0) is 0 Å². The van der Waals surface area contributed by atoms with Gasteiger partial charge in [0.1, 0.15) is 5.82 Å². The van der Waals surface area contributed by atoms with Gasteiger partial charge >= 0.3 is 0 Å². The van der Waals surface area contributed by atoms with Crippen LogP contribution in [0.1, 0.15) is 50.1 Å². The topological polar surface area (TPSA) is 83.6 Å². The Labute approximate surface area is 159 Å². The normalized spacial score (nSPS) is 16.7. The molecule has 2 N–H and O–H groups in total. The van der Waals surface area contributed by atoms with E-state index >= 15 is 0 Å². The molecule has 26 heavy (non-hydrogen) atoms. The maximum Gasteiger partial charge on any atom is 0.258 e. The van der Waals surface area contributed by atoms with Gasteiger partial charge in [0.25, 0.3) is 5.56 Å². The van der Waals surface area contributed by atoms with Gasteiger partial charge in [0, 0.05) is 6.04 Å². The predicted octanol–water partition coefficient (Wildman–Crippen LogP) is 4.37. The van der Waals surface area contributed by atoms with Crippen LogP contribution in [0.3, 0.4) is 0 Å². The maximum absolute atomic E-state index is 12.2. The molecule has 2 heterocycles. The van der Waals surface area contributed by atoms with Crippen LogP contribution in [0.2, 0.25) is 0 Å². The molecule has 0 aliphatic heterocycles. The number of rotatable bonds is 5. The molecule has 1 aliphatic carbocycles. The lowest BCUT2D eigenvalue weighted by Gasteiger charge is -2.21. The lowest BCUT2D eigenvalue weighted by atomic mass is 9.96. The largest absolute Gasteiger partial charge is 0.357 e. The summed E-state index contributed by atoms with van der Waals surface area (Å²) in [5, 5.41) is 13.5. The van der Waals surface area contributed by atoms with Gasteiger partial charge in [-0.25, -0.2) is 4.98 Å². The number of benzene rings is 1. The van der Waals surface area contributed by atoms with Crippen molar-refractivity contribution in [1.29, 1.82) is 0 Å². The van der Waals surface area contributed by atoms with E-state index in [1.54, 1.807) is 29.2 Å². The van der Waals surface area contributed by atoms with Gasteiger partial charge in [0.05, 0.1) is 16.2 Å². The van der Waals surface area contributed by atoms with Gasteiger partial charge in [0.15, 0.2) is 4.34 Å². The Kier molecular flexibility index (Phi) is 5.21. The first-order chi connectivity index (χ1) is 12.7. The minimum absolute atomic E-state index is 0.0113. The molecule has 8 heteroatoms. The molecular weight excluding hydrogens is 366 g/mol. The van der Waals surface area contributed by atoms with E-state index in [9.17, 15) is 4.79 Å². The first-order valence-electron chi connectivity index (χ1n) is 8.95. The van der Waals surface area contributed by atoms with Gasteiger partial charge in [-0.05, 0) is 31.9 Å². The first kappa shape index (κ1) is 17.5. The van der Waals surface area contributed by atoms with Crippen molar-refractivity contribution >= 4 is 39.1 Å². The molecule has 0 amide bonds. The highest BCUT2D eigenvalue weighted by atomic mass is 32.2. The van der Waals surface area contributed by atoms with Crippen molar-refractivity contribution in [3.05, 3.63) is 40.4 Å². The molecule has 2 aromatic heterocycles. The zero-order chi connectivity index (χ0) is 17.9. The molecule has 4 rings (SSSR count). The zero-order valence-corrected chi connectivity index (χ0v) is 16.2. The van der Waals surface area contributed by atoms with Crippen molar-refractivity contribution in [2.45, 2.75) is 54.7 Å². The molecule has 0 bridgehead atoms. The molecule has 1 aromatic carbocycles. The predicted molar refractivity (Wildman–Crippen MR) is 107 cm³/mol. The highest BCUT2D eigenvalue weighted by Gasteiger charge is 2.18. The quantitative estimate of drug-likeness (QED) is 0.633. The van der Waals surface area contributed by atoms with E-state index in [2.05, 4.69) is 25.5 Å². The standard InChI is InChI=1S/C18H21N5OS2/c1-11(15-20-14-10-6-5-9-13(14)16(24)21-15)25-18-23-22-17(26-18)19-12-7-3-2-4-8-12/h5-6,9-12H,2-4,7-8H2,1H3,(H,19,22)(H,20,21,24)/t11-/m0/s1. The van der Waals surface area contributed by atoms with Gasteiger partial charge in [-0.1, -0.05) is 54.5 Å². The van der Waals surface area contributed by atoms with E-state index in [4.69, 9.17) is 0 Å². The number of aromatic amines is 1. The lowest BCUT2D eigenvalue weighted by molar-refractivity contribution is 0.462. The molecule has 1 aliphatic rings. The number of nitrogens with zero attached hydrogens (tertiary/aromatic N) is 3. The van der Waals surface area contributed by atoms with E-state index in [0.717, 1.165) is 15.0 Å². The third-order valence-electron chi connectivity index (χ3n) is 4.63. The minimum Gasteiger partial charge on any atom is -0.357 e. The summed E-state index contributed by atoms with van der Waals surface area (Å²) in [4.78, 5) is 19.7. The van der Waals surface area contributed by atoms with E-state index in [1.165, 1.54) is 32.1 Å². The number of hydrogen-bond acceptors (Lipinski definition) is 7. The number of hydrogen-bond donors (Lipinski definition) is 2. The summed E-state index contributed by atoms with van der Waals surface area (Å²) in [6.45, 7) is 2.02. The second-order valence-electron chi connectivity index (χ2n) is 6.58. The van der Waals surface area contributed by atoms with Gasteiger partial charge in [-0.15, -0.1) is 10.2 Å². The third-order valence-corrected chi connectivity index (χ3v) is 6.68. The molecule has 1 saturated carbocycles. The molecule has 0 saturated heterocycles. The zero-order valence-electron chi connectivity index (χ0n) is 14.6. The summed E-state index contributed by atoms with van der Waals surface area (Å²) in [6.07, 6.45) is 6.33. The van der Waals surface area contributed by atoms with Gasteiger partial charge in [-0.2, -0.15) is 0 Å². The number of para-hydroxylation sites is 1. The van der Waals surface area contributed by atoms with Crippen LogP contribution < -0.4 is 10.9 Å². The smallest absolute Gasteiger partial charge is 0.258 e. The molecule has 136 valence electrons. The number of H-pyrrole nitrogens is 1. The Morgan fingerprint density at radius 1 is 1.23 bits per heavy atom. The molecule has 0 unspecified atom stereocenters. The number of aromatic nitrogens is 4. The first-order valence-corrected chi connectivity index (χ1v) is 10.6. The number of anilines is 1. The molecule has 0 radical (unpaired) electrons. The maximum atomic E-state index is 12.2. The Morgan fingerprint density at radius 2 is 2.04 bits per heavy atom. The van der Waals surface area contributed by atoms with Gasteiger partial charge < -0.3 is 10.3 Å². The van der Waals surface area contributed by atoms with Crippen LogP contribution in [0.15, 0.2) is 33.4 Å². The van der Waals surface area contributed by atoms with Crippen molar-refractivity contribution in [2.75, 3.05) is 5.32 Å². The van der Waals surface area contributed by atoms with Crippen LogP contribution >= 0.6 is 23.1 Å². The number of fused-ring (bicyclic) bond motifs is 1. The van der Waals surface area contributed by atoms with Crippen LogP contribution in [0.25, 0.3) is 10.9 Å². The number of thioether (sulfide) groups is 1. The summed E-state index contributed by atoms with van der Waals surface area (Å²) in [7, 11) is 0. The van der Waals surface area contributed by atoms with Crippen LogP contribution in [0, 0.1) is 0 Å². The second kappa shape index (κ2) is 7.75. The van der Waals surface area contributed by atoms with Gasteiger partial charge in [0.2, 0.25) is 5.13 Å². The Hall–Kier alpha value is -1.93. The molecule has 0 spiro atoms. The summed E-state index contributed by atoms with van der Waals surface area (Å²) in [6, 6.07) is 7.91. The highest BCUT2D eigenvalue weighted by Crippen LogP contribution is 2.36. The monoisotopic (exact) mass is 387 g/mol. The SMILES string of the molecule is C[C@H](Sc1nnc(NC2CCCCC2)s1)c1nc2ccccc2c(=O)[nH]1. The average molecular weight is 388 g/mol. The fraction of sp³-hybridized carbons (Fsp3) is 0.444. The Bertz CT molecular complexity index is 948. The molecule has 1 fully saturated rings. The van der Waals surface area contributed by atoms with Crippen molar-refractivity contribution in [3.63, 3.8) is 0 Å². The van der Waals surface area contributed by atoms with E-state index in [1.807, 2.05) is 25.1 Å². The fourth-order valence-electron chi connectivity index (χ4n) is 3.24. The highest BCUT2D eigenvalue weighted by molar-refractivity contribution is 8.01. The van der Waals surface area contributed by atoms with Gasteiger partial charge in [-0.3, -0.25) is 4.79 Å². The minimum atomic E-state index is -0.102. The Morgan fingerprint density at radius 3 is 2.88 bits per heavy atom. The van der Waals surface area contributed by atoms with Crippen LogP contribution in [-0.4, -0.2) is 26.2 Å². The van der Waals surface area contributed by atoms with Crippen LogP contribution in [0.5, 0.6) is 0 Å². The summed E-state index contributed by atoms with van der Waals surface area (Å²) in [5.74, 6) is 0.663. The van der Waals surface area contributed by atoms with E-state index in [-0.39, 0.29) is 10.8 Å². The molecule has 3 aromatic rings. The second-order valence-corrected chi connectivity index (χ2v) is 9.15. The van der Waals surface area contributed by atoms with E-state index in [0.29, 0.717) is 17.3 Å². The lowest BCUT2D eigenvalue weighted by Crippen LogP contribution is -2.21. The van der Waals surface area contributed by atoms with E-state index < -0.39 is 0 Å². The van der Waals surface area contributed by atoms with Crippen molar-refractivity contribution in [1.82, 2.24) is 20.2 Å². The van der Waals surface area contributed by atoms with Crippen molar-refractivity contribution in [3.8, 4) is 0 Å². The Balaban J connectivity index is 1.46. The summed E-state index contributed by atoms with van der Waals surface area (Å²) >= 11 is 3.14. The molecule has 1 atom stereocenters. The number of nitrogens with one attached hydrogen (secondary N) is 2. The van der Waals surface area contributed by atoms with Crippen molar-refractivity contribution in [2.24, 2.45) is 0 Å². The van der Waals surface area contributed by atoms with Crippen LogP contribution in [0.4, 0.5) is 5.13 Å². The molecule has 6 nitrogen and oxygen atoms in total. The summed E-state index contributed by atoms with van der Waals surface area (Å²) in [5.41, 5.74) is 0.616. The van der Waals surface area contributed by atoms with Crippen molar-refractivity contribution < 1.29 is 0 Å². The summed E-state index contributed by atoms with van der Waals surface area (Å²) < 4.78 is 0.881. The third kappa shape index (κ3) is 3.91. The molecular formula is C18H21N5OS2. The average Bonchev–Trinajstić information content (AvgIpc) is 3.09. The fourth-order valence-corrected chi connectivity index (χ4v) is 5.27.